The second kappa shape index (κ2) is 12.3. The number of hydrogen-bond donors (Lipinski definition) is 0. The predicted molar refractivity (Wildman–Crippen MR) is 79.3 cm³/mol. The van der Waals surface area contributed by atoms with Crippen molar-refractivity contribution < 1.29 is 14.3 Å². The minimum Gasteiger partial charge on any atom is -0.434 e. The fourth-order valence-electron chi connectivity index (χ4n) is 2.00. The zero-order valence-electron chi connectivity index (χ0n) is 13.2. The summed E-state index contributed by atoms with van der Waals surface area (Å²) in [6.45, 7) is 8.83. The van der Waals surface area contributed by atoms with E-state index in [-0.39, 0.29) is 6.10 Å². The van der Waals surface area contributed by atoms with Crippen LogP contribution in [-0.4, -0.2) is 18.9 Å². The van der Waals surface area contributed by atoms with Gasteiger partial charge in [0.25, 0.3) is 0 Å². The fraction of sp³-hybridized carbons (Fsp3) is 0.938. The highest BCUT2D eigenvalue weighted by Crippen LogP contribution is 2.17. The van der Waals surface area contributed by atoms with E-state index >= 15 is 0 Å². The summed E-state index contributed by atoms with van der Waals surface area (Å²) in [5, 5.41) is 0. The molecule has 19 heavy (non-hydrogen) atoms. The number of carbonyl (C=O) groups excluding carboxylic acids is 1. The molecule has 0 aromatic carbocycles. The molecule has 0 rings (SSSR count). The molecule has 114 valence electrons. The molecule has 0 saturated carbocycles. The molecule has 3 heteroatoms. The van der Waals surface area contributed by atoms with Crippen LogP contribution in [0.3, 0.4) is 0 Å². The first kappa shape index (κ1) is 18.3. The Morgan fingerprint density at radius 3 is 2.16 bits per heavy atom. The van der Waals surface area contributed by atoms with Crippen molar-refractivity contribution in [2.75, 3.05) is 6.61 Å². The lowest BCUT2D eigenvalue weighted by Gasteiger charge is -2.20. The van der Waals surface area contributed by atoms with E-state index < -0.39 is 6.16 Å². The molecule has 1 atom stereocenters. The lowest BCUT2D eigenvalue weighted by atomic mass is 10.00. The van der Waals surface area contributed by atoms with Crippen LogP contribution in [0.5, 0.6) is 0 Å². The molecule has 0 aliphatic carbocycles. The van der Waals surface area contributed by atoms with Crippen LogP contribution >= 0.6 is 0 Å². The van der Waals surface area contributed by atoms with Gasteiger partial charge in [0.05, 0.1) is 6.61 Å². The predicted octanol–water partition coefficient (Wildman–Crippen LogP) is 5.32. The molecule has 0 aliphatic rings. The van der Waals surface area contributed by atoms with Crippen molar-refractivity contribution in [1.82, 2.24) is 0 Å². The highest BCUT2D eigenvalue weighted by Gasteiger charge is 2.18. The monoisotopic (exact) mass is 272 g/mol. The third-order valence-corrected chi connectivity index (χ3v) is 3.26. The van der Waals surface area contributed by atoms with Crippen molar-refractivity contribution in [3.8, 4) is 0 Å². The van der Waals surface area contributed by atoms with Crippen molar-refractivity contribution in [1.29, 1.82) is 0 Å². The van der Waals surface area contributed by atoms with Crippen molar-refractivity contribution in [2.45, 2.75) is 85.2 Å². The lowest BCUT2D eigenvalue weighted by molar-refractivity contribution is 0.00371. The maximum Gasteiger partial charge on any atom is 0.508 e. The second-order valence-electron chi connectivity index (χ2n) is 5.56. The van der Waals surface area contributed by atoms with Gasteiger partial charge < -0.3 is 9.47 Å². The van der Waals surface area contributed by atoms with Gasteiger partial charge in [-0.3, -0.25) is 0 Å². The largest absolute Gasteiger partial charge is 0.508 e. The molecule has 0 spiro atoms. The quantitative estimate of drug-likeness (QED) is 0.377. The molecule has 0 radical (unpaired) electrons. The second-order valence-corrected chi connectivity index (χ2v) is 5.56. The summed E-state index contributed by atoms with van der Waals surface area (Å²) >= 11 is 0. The lowest BCUT2D eigenvalue weighted by Crippen LogP contribution is -2.24. The van der Waals surface area contributed by atoms with E-state index in [1.54, 1.807) is 0 Å². The van der Waals surface area contributed by atoms with Gasteiger partial charge in [-0.1, -0.05) is 59.8 Å². The molecule has 0 bridgehead atoms. The van der Waals surface area contributed by atoms with E-state index in [1.807, 2.05) is 6.92 Å². The van der Waals surface area contributed by atoms with E-state index in [0.29, 0.717) is 12.5 Å². The van der Waals surface area contributed by atoms with E-state index in [4.69, 9.17) is 9.47 Å². The molecule has 1 unspecified atom stereocenters. The highest BCUT2D eigenvalue weighted by atomic mass is 16.7. The van der Waals surface area contributed by atoms with Gasteiger partial charge in [0.15, 0.2) is 0 Å². The maximum atomic E-state index is 11.4. The number of ether oxygens (including phenoxy) is 2. The van der Waals surface area contributed by atoms with Gasteiger partial charge >= 0.3 is 6.16 Å². The van der Waals surface area contributed by atoms with Crippen molar-refractivity contribution in [3.05, 3.63) is 0 Å². The summed E-state index contributed by atoms with van der Waals surface area (Å²) in [7, 11) is 0. The van der Waals surface area contributed by atoms with Gasteiger partial charge in [0.2, 0.25) is 0 Å². The van der Waals surface area contributed by atoms with E-state index in [1.165, 1.54) is 32.1 Å². The smallest absolute Gasteiger partial charge is 0.434 e. The Morgan fingerprint density at radius 2 is 1.58 bits per heavy atom. The molecular weight excluding hydrogens is 240 g/mol. The number of unbranched alkanes of at least 4 members (excludes halogenated alkanes) is 5. The van der Waals surface area contributed by atoms with Crippen molar-refractivity contribution in [2.24, 2.45) is 5.92 Å². The third-order valence-electron chi connectivity index (χ3n) is 3.26. The molecule has 0 aromatic rings. The summed E-state index contributed by atoms with van der Waals surface area (Å²) in [5.41, 5.74) is 0. The molecule has 0 aliphatic heterocycles. The topological polar surface area (TPSA) is 35.5 Å². The Balaban J connectivity index is 3.77. The normalized spacial score (nSPS) is 12.5. The van der Waals surface area contributed by atoms with E-state index in [9.17, 15) is 4.79 Å². The zero-order valence-corrected chi connectivity index (χ0v) is 13.2. The maximum absolute atomic E-state index is 11.4. The van der Waals surface area contributed by atoms with Crippen LogP contribution in [0.1, 0.15) is 79.1 Å². The standard InChI is InChI=1S/C16H32O3/c1-5-7-8-9-10-11-12-15(14(3)4)19-16(17)18-13-6-2/h14-15H,5-13H2,1-4H3. The van der Waals surface area contributed by atoms with Gasteiger partial charge in [0.1, 0.15) is 6.10 Å². The highest BCUT2D eigenvalue weighted by molar-refractivity contribution is 5.60. The first-order valence-corrected chi connectivity index (χ1v) is 7.95. The molecule has 3 nitrogen and oxygen atoms in total. The molecular formula is C16H32O3. The van der Waals surface area contributed by atoms with Crippen molar-refractivity contribution >= 4 is 6.16 Å². The van der Waals surface area contributed by atoms with E-state index in [0.717, 1.165) is 19.3 Å². The minimum atomic E-state index is -0.508. The Kier molecular flexibility index (Phi) is 11.8. The van der Waals surface area contributed by atoms with Crippen LogP contribution < -0.4 is 0 Å². The SMILES string of the molecule is CCCCCCCCC(OC(=O)OCCC)C(C)C. The third kappa shape index (κ3) is 10.8. The summed E-state index contributed by atoms with van der Waals surface area (Å²) < 4.78 is 10.4. The fourth-order valence-corrected chi connectivity index (χ4v) is 2.00. The van der Waals surface area contributed by atoms with Crippen LogP contribution in [0.15, 0.2) is 0 Å². The Morgan fingerprint density at radius 1 is 0.947 bits per heavy atom. The number of carbonyl (C=O) groups is 1. The first-order chi connectivity index (χ1) is 9.11. The van der Waals surface area contributed by atoms with Crippen LogP contribution in [-0.2, 0) is 9.47 Å². The number of rotatable bonds is 11. The van der Waals surface area contributed by atoms with Crippen molar-refractivity contribution in [3.63, 3.8) is 0 Å². The average molecular weight is 272 g/mol. The Bertz CT molecular complexity index is 214. The molecule has 0 aromatic heterocycles. The summed E-state index contributed by atoms with van der Waals surface area (Å²) in [4.78, 5) is 11.4. The summed E-state index contributed by atoms with van der Waals surface area (Å²) in [6.07, 6.45) is 8.85. The van der Waals surface area contributed by atoms with E-state index in [2.05, 4.69) is 20.8 Å². The van der Waals surface area contributed by atoms with Gasteiger partial charge in [-0.25, -0.2) is 4.79 Å². The molecule has 0 saturated heterocycles. The van der Waals surface area contributed by atoms with Crippen LogP contribution in [0.2, 0.25) is 0 Å². The van der Waals surface area contributed by atoms with Gasteiger partial charge in [-0.05, 0) is 25.2 Å². The minimum absolute atomic E-state index is 0.00414. The molecule has 0 N–H and O–H groups in total. The molecule has 0 amide bonds. The molecule has 0 fully saturated rings. The molecule has 0 heterocycles. The van der Waals surface area contributed by atoms with Gasteiger partial charge in [-0.15, -0.1) is 0 Å². The Hall–Kier alpha value is -0.730. The van der Waals surface area contributed by atoms with Gasteiger partial charge in [-0.2, -0.15) is 0 Å². The van der Waals surface area contributed by atoms with Crippen LogP contribution in [0.25, 0.3) is 0 Å². The first-order valence-electron chi connectivity index (χ1n) is 7.95. The van der Waals surface area contributed by atoms with Crippen LogP contribution in [0.4, 0.5) is 4.79 Å². The van der Waals surface area contributed by atoms with Crippen LogP contribution in [0, 0.1) is 5.92 Å². The average Bonchev–Trinajstić information content (AvgIpc) is 2.38. The van der Waals surface area contributed by atoms with Gasteiger partial charge in [0, 0.05) is 0 Å². The Labute approximate surface area is 119 Å². The summed E-state index contributed by atoms with van der Waals surface area (Å²) in [6, 6.07) is 0. The number of hydrogen-bond acceptors (Lipinski definition) is 3. The zero-order chi connectivity index (χ0) is 14.5. The summed E-state index contributed by atoms with van der Waals surface area (Å²) in [5.74, 6) is 0.352.